The van der Waals surface area contributed by atoms with Crippen molar-refractivity contribution in [2.24, 2.45) is 5.92 Å². The predicted molar refractivity (Wildman–Crippen MR) is 118 cm³/mol. The number of H-pyrrole nitrogens is 1. The molecule has 2 saturated heterocycles. The summed E-state index contributed by atoms with van der Waals surface area (Å²) in [5.41, 5.74) is 2.64. The Kier molecular flexibility index (Phi) is 5.58. The van der Waals surface area contributed by atoms with Crippen LogP contribution >= 0.6 is 0 Å². The van der Waals surface area contributed by atoms with Crippen LogP contribution in [0.2, 0.25) is 0 Å². The molecule has 8 heteroatoms. The molecule has 0 unspecified atom stereocenters. The van der Waals surface area contributed by atoms with E-state index in [1.807, 2.05) is 22.9 Å². The number of benzene rings is 1. The Morgan fingerprint density at radius 3 is 2.84 bits per heavy atom. The number of aromatic amines is 1. The average Bonchev–Trinajstić information content (AvgIpc) is 3.43. The molecular formula is C23H30N6O2. The van der Waals surface area contributed by atoms with E-state index < -0.39 is 0 Å². The standard InChI is InChI=1S/C23H30N6O2/c1-15-7-9-28(10-8-15)21(22-25-26-27-29(22)14-18-4-3-11-31-18)19-13-17-12-16(2)5-6-20(17)24-23(19)30/h5-6,12-13,15,18,21H,3-4,7-11,14H2,1-2H3,(H,24,30)/t18-,21+/m1/s1. The van der Waals surface area contributed by atoms with Gasteiger partial charge in [-0.15, -0.1) is 5.10 Å². The van der Waals surface area contributed by atoms with Crippen molar-refractivity contribution in [1.29, 1.82) is 0 Å². The molecular weight excluding hydrogens is 392 g/mol. The molecule has 3 aromatic rings. The Morgan fingerprint density at radius 1 is 1.23 bits per heavy atom. The Balaban J connectivity index is 1.59. The number of nitrogens with one attached hydrogen (secondary N) is 1. The highest BCUT2D eigenvalue weighted by molar-refractivity contribution is 5.79. The molecule has 1 aromatic carbocycles. The number of likely N-dealkylation sites (tertiary alicyclic amines) is 1. The maximum atomic E-state index is 13.2. The maximum absolute atomic E-state index is 13.2. The summed E-state index contributed by atoms with van der Waals surface area (Å²) in [6, 6.07) is 7.84. The number of aromatic nitrogens is 5. The van der Waals surface area contributed by atoms with E-state index in [9.17, 15) is 4.79 Å². The van der Waals surface area contributed by atoms with Gasteiger partial charge in [0.25, 0.3) is 5.56 Å². The van der Waals surface area contributed by atoms with Crippen molar-refractivity contribution in [3.63, 3.8) is 0 Å². The van der Waals surface area contributed by atoms with E-state index in [-0.39, 0.29) is 17.7 Å². The van der Waals surface area contributed by atoms with Crippen LogP contribution in [0.25, 0.3) is 10.9 Å². The van der Waals surface area contributed by atoms with Crippen molar-refractivity contribution in [3.8, 4) is 0 Å². The quantitative estimate of drug-likeness (QED) is 0.680. The fourth-order valence-electron chi connectivity index (χ4n) is 4.85. The zero-order valence-corrected chi connectivity index (χ0v) is 18.3. The van der Waals surface area contributed by atoms with Crippen LogP contribution in [0.5, 0.6) is 0 Å². The second-order valence-corrected chi connectivity index (χ2v) is 9.12. The zero-order valence-electron chi connectivity index (χ0n) is 18.3. The number of rotatable bonds is 5. The fourth-order valence-corrected chi connectivity index (χ4v) is 4.85. The lowest BCUT2D eigenvalue weighted by Gasteiger charge is -2.36. The van der Waals surface area contributed by atoms with Crippen LogP contribution in [-0.4, -0.2) is 55.9 Å². The lowest BCUT2D eigenvalue weighted by molar-refractivity contribution is 0.0894. The number of pyridine rings is 1. The molecule has 31 heavy (non-hydrogen) atoms. The van der Waals surface area contributed by atoms with Gasteiger partial charge in [-0.3, -0.25) is 9.69 Å². The smallest absolute Gasteiger partial charge is 0.253 e. The third kappa shape index (κ3) is 4.14. The lowest BCUT2D eigenvalue weighted by Crippen LogP contribution is -2.40. The SMILES string of the molecule is Cc1ccc2[nH]c(=O)c([C@@H](c3nnnn3C[C@H]3CCCO3)N3CCC(C)CC3)cc2c1. The van der Waals surface area contributed by atoms with Crippen molar-refractivity contribution in [2.75, 3.05) is 19.7 Å². The first-order chi connectivity index (χ1) is 15.1. The Bertz CT molecular complexity index is 1110. The minimum Gasteiger partial charge on any atom is -0.376 e. The molecule has 0 radical (unpaired) electrons. The molecule has 0 amide bonds. The molecule has 164 valence electrons. The van der Waals surface area contributed by atoms with Crippen molar-refractivity contribution < 1.29 is 4.74 Å². The molecule has 0 aliphatic carbocycles. The molecule has 8 nitrogen and oxygen atoms in total. The van der Waals surface area contributed by atoms with Crippen LogP contribution < -0.4 is 5.56 Å². The van der Waals surface area contributed by atoms with E-state index in [0.29, 0.717) is 18.0 Å². The highest BCUT2D eigenvalue weighted by atomic mass is 16.5. The summed E-state index contributed by atoms with van der Waals surface area (Å²) in [4.78, 5) is 18.7. The van der Waals surface area contributed by atoms with Gasteiger partial charge < -0.3 is 9.72 Å². The van der Waals surface area contributed by atoms with Gasteiger partial charge in [0.2, 0.25) is 0 Å². The summed E-state index contributed by atoms with van der Waals surface area (Å²) >= 11 is 0. The first kappa shape index (κ1) is 20.3. The van der Waals surface area contributed by atoms with Gasteiger partial charge in [0.1, 0.15) is 6.04 Å². The second-order valence-electron chi connectivity index (χ2n) is 9.12. The van der Waals surface area contributed by atoms with Gasteiger partial charge in [-0.2, -0.15) is 0 Å². The average molecular weight is 423 g/mol. The van der Waals surface area contributed by atoms with Gasteiger partial charge in [-0.25, -0.2) is 4.68 Å². The molecule has 2 aliphatic heterocycles. The Morgan fingerprint density at radius 2 is 2.06 bits per heavy atom. The van der Waals surface area contributed by atoms with Crippen LogP contribution in [0, 0.1) is 12.8 Å². The van der Waals surface area contributed by atoms with E-state index in [4.69, 9.17) is 4.74 Å². The second kappa shape index (κ2) is 8.51. The summed E-state index contributed by atoms with van der Waals surface area (Å²) < 4.78 is 7.67. The highest BCUT2D eigenvalue weighted by Crippen LogP contribution is 2.31. The van der Waals surface area contributed by atoms with Crippen LogP contribution in [0.15, 0.2) is 29.1 Å². The van der Waals surface area contributed by atoms with E-state index in [0.717, 1.165) is 67.7 Å². The number of hydrogen-bond acceptors (Lipinski definition) is 6. The fraction of sp³-hybridized carbons (Fsp3) is 0.565. The minimum absolute atomic E-state index is 0.0772. The van der Waals surface area contributed by atoms with Gasteiger partial charge in [-0.1, -0.05) is 18.6 Å². The topological polar surface area (TPSA) is 88.9 Å². The summed E-state index contributed by atoms with van der Waals surface area (Å²) in [7, 11) is 0. The zero-order chi connectivity index (χ0) is 21.4. The van der Waals surface area contributed by atoms with E-state index in [2.05, 4.69) is 45.3 Å². The van der Waals surface area contributed by atoms with Gasteiger partial charge in [0.15, 0.2) is 5.82 Å². The monoisotopic (exact) mass is 422 g/mol. The van der Waals surface area contributed by atoms with E-state index in [1.165, 1.54) is 0 Å². The third-order valence-corrected chi connectivity index (χ3v) is 6.71. The third-order valence-electron chi connectivity index (χ3n) is 6.71. The van der Waals surface area contributed by atoms with Crippen molar-refractivity contribution in [3.05, 3.63) is 51.6 Å². The summed E-state index contributed by atoms with van der Waals surface area (Å²) in [6.07, 6.45) is 4.42. The Hall–Kier alpha value is -2.58. The molecule has 0 spiro atoms. The maximum Gasteiger partial charge on any atom is 0.253 e. The number of aryl methyl sites for hydroxylation is 1. The van der Waals surface area contributed by atoms with Gasteiger partial charge in [0.05, 0.1) is 12.6 Å². The largest absolute Gasteiger partial charge is 0.376 e. The molecule has 2 atom stereocenters. The van der Waals surface area contributed by atoms with Crippen LogP contribution in [-0.2, 0) is 11.3 Å². The van der Waals surface area contributed by atoms with Gasteiger partial charge in [-0.05, 0) is 85.6 Å². The number of hydrogen-bond donors (Lipinski definition) is 1. The normalized spacial score (nSPS) is 21.7. The van der Waals surface area contributed by atoms with Crippen LogP contribution in [0.1, 0.15) is 55.6 Å². The van der Waals surface area contributed by atoms with E-state index in [1.54, 1.807) is 0 Å². The summed E-state index contributed by atoms with van der Waals surface area (Å²) in [5.74, 6) is 1.42. The first-order valence-electron chi connectivity index (χ1n) is 11.3. The van der Waals surface area contributed by atoms with Gasteiger partial charge in [0, 0.05) is 17.7 Å². The molecule has 2 aliphatic rings. The van der Waals surface area contributed by atoms with Gasteiger partial charge >= 0.3 is 0 Å². The molecule has 0 bridgehead atoms. The van der Waals surface area contributed by atoms with Crippen molar-refractivity contribution in [2.45, 2.75) is 58.2 Å². The minimum atomic E-state index is -0.280. The van der Waals surface area contributed by atoms with E-state index >= 15 is 0 Å². The van der Waals surface area contributed by atoms with Crippen LogP contribution in [0.3, 0.4) is 0 Å². The predicted octanol–water partition coefficient (Wildman–Crippen LogP) is 2.82. The highest BCUT2D eigenvalue weighted by Gasteiger charge is 2.33. The van der Waals surface area contributed by atoms with Crippen LogP contribution in [0.4, 0.5) is 0 Å². The number of nitrogens with zero attached hydrogens (tertiary/aromatic N) is 5. The Labute approximate surface area is 181 Å². The molecule has 4 heterocycles. The molecule has 1 N–H and O–H groups in total. The molecule has 5 rings (SSSR count). The lowest BCUT2D eigenvalue weighted by atomic mass is 9.95. The summed E-state index contributed by atoms with van der Waals surface area (Å²) in [6.45, 7) is 7.61. The number of fused-ring (bicyclic) bond motifs is 1. The summed E-state index contributed by atoms with van der Waals surface area (Å²) in [5, 5.41) is 13.7. The van der Waals surface area contributed by atoms with Crippen molar-refractivity contribution >= 4 is 10.9 Å². The first-order valence-corrected chi connectivity index (χ1v) is 11.3. The number of tetrazole rings is 1. The molecule has 2 fully saturated rings. The molecule has 2 aromatic heterocycles. The number of ether oxygens (including phenoxy) is 1. The van der Waals surface area contributed by atoms with Crippen molar-refractivity contribution in [1.82, 2.24) is 30.1 Å². The molecule has 0 saturated carbocycles. The number of piperidine rings is 1.